The Labute approximate surface area is 178 Å². The van der Waals surface area contributed by atoms with E-state index in [0.717, 1.165) is 13.7 Å². The number of rotatable bonds is 13. The van der Waals surface area contributed by atoms with Crippen LogP contribution < -0.4 is 17.1 Å². The fraction of sp³-hybridized carbons (Fsp3) is 0.550. The summed E-state index contributed by atoms with van der Waals surface area (Å²) in [5.41, 5.74) is -1.97. The van der Waals surface area contributed by atoms with Crippen LogP contribution in [-0.2, 0) is 38.7 Å². The van der Waals surface area contributed by atoms with Gasteiger partial charge in [0.15, 0.2) is 0 Å². The molecule has 1 rings (SSSR count). The molecule has 0 fully saturated rings. The SMILES string of the molecule is C=C(C)C(=O)OCCCn1c(=O)n(CCCO)c(=O)n(CCCOC(=O)C(=C)C)c1=O. The van der Waals surface area contributed by atoms with Crippen molar-refractivity contribution in [2.24, 2.45) is 0 Å². The second kappa shape index (κ2) is 12.5. The number of aliphatic hydroxyl groups excluding tert-OH is 1. The smallest absolute Gasteiger partial charge is 0.336 e. The molecule has 0 saturated heterocycles. The van der Waals surface area contributed by atoms with Gasteiger partial charge in [-0.25, -0.2) is 37.7 Å². The summed E-state index contributed by atoms with van der Waals surface area (Å²) < 4.78 is 12.5. The first-order valence-electron chi connectivity index (χ1n) is 9.82. The molecule has 0 bridgehead atoms. The molecule has 0 aliphatic heterocycles. The summed E-state index contributed by atoms with van der Waals surface area (Å²) in [7, 11) is 0. The predicted octanol–water partition coefficient (Wildman–Crippen LogP) is -0.427. The van der Waals surface area contributed by atoms with E-state index >= 15 is 0 Å². The van der Waals surface area contributed by atoms with Crippen LogP contribution in [0.2, 0.25) is 0 Å². The van der Waals surface area contributed by atoms with Crippen molar-refractivity contribution >= 4 is 11.9 Å². The molecule has 0 amide bonds. The maximum atomic E-state index is 12.7. The highest BCUT2D eigenvalue weighted by Gasteiger charge is 2.15. The first kappa shape index (κ1) is 25.8. The molecule has 0 aromatic carbocycles. The van der Waals surface area contributed by atoms with E-state index in [2.05, 4.69) is 13.2 Å². The molecule has 0 aliphatic rings. The van der Waals surface area contributed by atoms with Crippen LogP contribution in [0.4, 0.5) is 0 Å². The van der Waals surface area contributed by atoms with Crippen LogP contribution in [0, 0.1) is 0 Å². The van der Waals surface area contributed by atoms with Gasteiger partial charge in [0, 0.05) is 37.4 Å². The molecule has 1 aromatic heterocycles. The van der Waals surface area contributed by atoms with Crippen LogP contribution >= 0.6 is 0 Å². The summed E-state index contributed by atoms with van der Waals surface area (Å²) in [6.45, 7) is 9.38. The zero-order valence-corrected chi connectivity index (χ0v) is 17.9. The van der Waals surface area contributed by atoms with Gasteiger partial charge in [-0.2, -0.15) is 0 Å². The lowest BCUT2D eigenvalue weighted by molar-refractivity contribution is -0.139. The molecule has 11 nitrogen and oxygen atoms in total. The highest BCUT2D eigenvalue weighted by atomic mass is 16.5. The highest BCUT2D eigenvalue weighted by Crippen LogP contribution is 1.96. The molecule has 11 heteroatoms. The molecule has 172 valence electrons. The zero-order chi connectivity index (χ0) is 23.6. The van der Waals surface area contributed by atoms with Crippen molar-refractivity contribution in [1.29, 1.82) is 0 Å². The zero-order valence-electron chi connectivity index (χ0n) is 17.9. The Morgan fingerprint density at radius 3 is 1.35 bits per heavy atom. The Morgan fingerprint density at radius 2 is 1.06 bits per heavy atom. The Balaban J connectivity index is 3.05. The molecule has 1 heterocycles. The van der Waals surface area contributed by atoms with E-state index in [1.54, 1.807) is 0 Å². The molecule has 31 heavy (non-hydrogen) atoms. The van der Waals surface area contributed by atoms with E-state index in [0.29, 0.717) is 0 Å². The van der Waals surface area contributed by atoms with Gasteiger partial charge in [-0.05, 0) is 33.1 Å². The fourth-order valence-corrected chi connectivity index (χ4v) is 2.51. The van der Waals surface area contributed by atoms with Gasteiger partial charge >= 0.3 is 29.0 Å². The minimum atomic E-state index is -0.812. The first-order valence-corrected chi connectivity index (χ1v) is 9.82. The van der Waals surface area contributed by atoms with Crippen LogP contribution in [0.25, 0.3) is 0 Å². The molecule has 0 unspecified atom stereocenters. The average Bonchev–Trinajstić information content (AvgIpc) is 2.71. The van der Waals surface area contributed by atoms with Crippen LogP contribution in [0.15, 0.2) is 38.7 Å². The van der Waals surface area contributed by atoms with Crippen molar-refractivity contribution in [3.8, 4) is 0 Å². The van der Waals surface area contributed by atoms with E-state index < -0.39 is 29.0 Å². The van der Waals surface area contributed by atoms with Crippen molar-refractivity contribution in [3.63, 3.8) is 0 Å². The maximum Gasteiger partial charge on any atom is 0.336 e. The molecule has 1 aromatic rings. The Morgan fingerprint density at radius 1 is 0.742 bits per heavy atom. The normalized spacial score (nSPS) is 10.5. The van der Waals surface area contributed by atoms with E-state index in [9.17, 15) is 24.0 Å². The number of esters is 2. The molecule has 0 spiro atoms. The number of carbonyl (C=O) groups is 2. The third-order valence-corrected chi connectivity index (χ3v) is 4.14. The van der Waals surface area contributed by atoms with Crippen LogP contribution in [0.5, 0.6) is 0 Å². The predicted molar refractivity (Wildman–Crippen MR) is 112 cm³/mol. The summed E-state index contributed by atoms with van der Waals surface area (Å²) in [5, 5.41) is 9.04. The monoisotopic (exact) mass is 439 g/mol. The first-order chi connectivity index (χ1) is 14.6. The number of ether oxygens (including phenoxy) is 2. The van der Waals surface area contributed by atoms with Gasteiger partial charge in [-0.1, -0.05) is 13.2 Å². The number of hydrogen-bond acceptors (Lipinski definition) is 8. The quantitative estimate of drug-likeness (QED) is 0.248. The van der Waals surface area contributed by atoms with Crippen molar-refractivity contribution in [2.75, 3.05) is 19.8 Å². The summed E-state index contributed by atoms with van der Waals surface area (Å²) in [5.74, 6) is -1.16. The maximum absolute atomic E-state index is 12.7. The standard InChI is InChI=1S/C20H29N3O8/c1-14(2)16(25)30-12-6-9-22-18(27)21(8-5-11-24)19(28)23(20(22)29)10-7-13-31-17(26)15(3)4/h24H,1,3,5-13H2,2,4H3. The lowest BCUT2D eigenvalue weighted by atomic mass is 10.3. The lowest BCUT2D eigenvalue weighted by Gasteiger charge is -2.14. The third kappa shape index (κ3) is 7.52. The van der Waals surface area contributed by atoms with Crippen molar-refractivity contribution in [2.45, 2.75) is 52.7 Å². The second-order valence-corrected chi connectivity index (χ2v) is 6.92. The van der Waals surface area contributed by atoms with Gasteiger partial charge in [0.05, 0.1) is 13.2 Å². The molecular weight excluding hydrogens is 410 g/mol. The number of nitrogens with zero attached hydrogens (tertiary/aromatic N) is 3. The van der Waals surface area contributed by atoms with Gasteiger partial charge in [-0.3, -0.25) is 0 Å². The Hall–Kier alpha value is -3.21. The molecule has 0 radical (unpaired) electrons. The topological polar surface area (TPSA) is 139 Å². The Kier molecular flexibility index (Phi) is 10.4. The van der Waals surface area contributed by atoms with Crippen molar-refractivity contribution < 1.29 is 24.2 Å². The van der Waals surface area contributed by atoms with E-state index in [-0.39, 0.29) is 69.9 Å². The van der Waals surface area contributed by atoms with E-state index in [1.165, 1.54) is 13.8 Å². The minimum absolute atomic E-state index is 0.0375. The van der Waals surface area contributed by atoms with Gasteiger partial charge in [0.25, 0.3) is 0 Å². The third-order valence-electron chi connectivity index (χ3n) is 4.14. The summed E-state index contributed by atoms with van der Waals surface area (Å²) in [4.78, 5) is 60.8. The Bertz CT molecular complexity index is 927. The number of hydrogen-bond donors (Lipinski definition) is 1. The van der Waals surface area contributed by atoms with Gasteiger partial charge < -0.3 is 14.6 Å². The van der Waals surface area contributed by atoms with Crippen LogP contribution in [0.1, 0.15) is 33.1 Å². The van der Waals surface area contributed by atoms with E-state index in [4.69, 9.17) is 14.6 Å². The summed E-state index contributed by atoms with van der Waals surface area (Å²) in [6.07, 6.45) is 0.491. The second-order valence-electron chi connectivity index (χ2n) is 6.92. The van der Waals surface area contributed by atoms with Crippen molar-refractivity contribution in [3.05, 3.63) is 55.8 Å². The molecular formula is C20H29N3O8. The molecule has 0 saturated carbocycles. The molecule has 0 aliphatic carbocycles. The number of carbonyl (C=O) groups excluding carboxylic acids is 2. The lowest BCUT2D eigenvalue weighted by Crippen LogP contribution is -2.54. The highest BCUT2D eigenvalue weighted by molar-refractivity contribution is 5.87. The van der Waals surface area contributed by atoms with Crippen LogP contribution in [0.3, 0.4) is 0 Å². The summed E-state index contributed by atoms with van der Waals surface area (Å²) >= 11 is 0. The minimum Gasteiger partial charge on any atom is -0.462 e. The average molecular weight is 439 g/mol. The largest absolute Gasteiger partial charge is 0.462 e. The van der Waals surface area contributed by atoms with Crippen molar-refractivity contribution in [1.82, 2.24) is 13.7 Å². The van der Waals surface area contributed by atoms with Gasteiger partial charge in [0.2, 0.25) is 0 Å². The van der Waals surface area contributed by atoms with Crippen LogP contribution in [-0.4, -0.2) is 50.6 Å². The molecule has 0 atom stereocenters. The van der Waals surface area contributed by atoms with E-state index in [1.807, 2.05) is 0 Å². The fourth-order valence-electron chi connectivity index (χ4n) is 2.51. The summed E-state index contributed by atoms with van der Waals surface area (Å²) in [6, 6.07) is 0. The number of aliphatic hydroxyl groups is 1. The van der Waals surface area contributed by atoms with Gasteiger partial charge in [0.1, 0.15) is 0 Å². The molecule has 1 N–H and O–H groups in total. The van der Waals surface area contributed by atoms with Gasteiger partial charge in [-0.15, -0.1) is 0 Å². The number of aromatic nitrogens is 3.